The first kappa shape index (κ1) is 125. The molecule has 1 heterocycles. The third kappa shape index (κ3) is 35.1. The molecule has 814 valence electrons. The van der Waals surface area contributed by atoms with Crippen LogP contribution in [0.4, 0.5) is 4.79 Å². The summed E-state index contributed by atoms with van der Waals surface area (Å²) in [4.78, 5) is 252. The molecule has 4 fully saturated rings. The molecule has 19 atom stereocenters. The molecule has 13 unspecified atom stereocenters. The third-order valence-corrected chi connectivity index (χ3v) is 29.7. The Morgan fingerprint density at radius 3 is 1.47 bits per heavy atom. The first-order chi connectivity index (χ1) is 67.5. The Labute approximate surface area is 854 Å². The summed E-state index contributed by atoms with van der Waals surface area (Å²) in [6.45, 7) is 37.7. The molecule has 0 spiro atoms. The van der Waals surface area contributed by atoms with Gasteiger partial charge in [0.2, 0.25) is 48.0 Å². The highest BCUT2D eigenvalue weighted by Gasteiger charge is 2.68. The Morgan fingerprint density at radius 2 is 0.965 bits per heavy atom. The number of aliphatic hydroxyl groups excluding tert-OH is 1. The van der Waals surface area contributed by atoms with Crippen molar-refractivity contribution in [3.8, 4) is 0 Å². The molecular formula is C108H173N7O29. The number of nitrogens with zero attached hydrogens (tertiary/aromatic N) is 7. The molecule has 1 saturated heterocycles. The molecule has 6 amide bonds. The van der Waals surface area contributed by atoms with Gasteiger partial charge in [0.15, 0.2) is 29.7 Å². The van der Waals surface area contributed by atoms with E-state index < -0.39 is 210 Å². The van der Waals surface area contributed by atoms with Gasteiger partial charge in [0.1, 0.15) is 54.9 Å². The molecule has 3 saturated carbocycles. The maximum atomic E-state index is 15.9. The molecular weight excluding hydrogens is 1860 g/mol. The van der Waals surface area contributed by atoms with Crippen LogP contribution >= 0.6 is 0 Å². The zero-order valence-corrected chi connectivity index (χ0v) is 91.0. The number of Topliss-reactive ketones (excluding diaryl/α,β-unsaturated/α-hetero) is 5. The van der Waals surface area contributed by atoms with Gasteiger partial charge in [-0.15, -0.1) is 0 Å². The largest absolute Gasteiger partial charge is 0.511 e. The monoisotopic (exact) mass is 2030 g/mol. The van der Waals surface area contributed by atoms with Crippen LogP contribution in [0.15, 0.2) is 48.2 Å². The summed E-state index contributed by atoms with van der Waals surface area (Å²) in [6.07, 6.45) is 5.05. The summed E-state index contributed by atoms with van der Waals surface area (Å²) in [7, 11) is 10.4. The minimum Gasteiger partial charge on any atom is -0.463 e. The van der Waals surface area contributed by atoms with E-state index >= 15 is 24.0 Å². The van der Waals surface area contributed by atoms with Crippen LogP contribution in [0.2, 0.25) is 0 Å². The number of fused-ring (bicyclic) bond motifs is 5. The molecule has 144 heavy (non-hydrogen) atoms. The van der Waals surface area contributed by atoms with Gasteiger partial charge in [0, 0.05) is 121 Å². The second kappa shape index (κ2) is 58.9. The van der Waals surface area contributed by atoms with Crippen molar-refractivity contribution >= 4 is 100 Å². The lowest BCUT2D eigenvalue weighted by Crippen LogP contribution is -2.62. The van der Waals surface area contributed by atoms with Gasteiger partial charge < -0.3 is 91.9 Å². The number of rotatable bonds is 42. The first-order valence-corrected chi connectivity index (χ1v) is 51.8. The number of hydrogen-bond donors (Lipinski definition) is 2. The molecule has 0 aromatic heterocycles. The van der Waals surface area contributed by atoms with Crippen LogP contribution in [0, 0.1) is 93.7 Å². The molecule has 5 aliphatic rings. The predicted molar refractivity (Wildman–Crippen MR) is 536 cm³/mol. The number of ether oxygens (including phenoxy) is 10. The van der Waals surface area contributed by atoms with Gasteiger partial charge in [0.25, 0.3) is 0 Å². The number of carbonyl (C=O) groups excluding carboxylic acids is 17. The first-order valence-electron chi connectivity index (χ1n) is 51.8. The predicted octanol–water partition coefficient (Wildman–Crippen LogP) is 11.1. The fourth-order valence-corrected chi connectivity index (χ4v) is 21.3. The maximum absolute atomic E-state index is 15.9. The van der Waals surface area contributed by atoms with E-state index in [2.05, 4.69) is 6.58 Å². The van der Waals surface area contributed by atoms with Crippen LogP contribution in [0.1, 0.15) is 254 Å². The Hall–Kier alpha value is -9.49. The number of carbonyl (C=O) groups is 17. The zero-order chi connectivity index (χ0) is 108. The van der Waals surface area contributed by atoms with Crippen molar-refractivity contribution in [2.45, 2.75) is 308 Å². The minimum atomic E-state index is -1.83. The van der Waals surface area contributed by atoms with E-state index in [1.165, 1.54) is 59.7 Å². The molecule has 0 aromatic rings. The molecule has 4 aliphatic carbocycles. The van der Waals surface area contributed by atoms with Crippen molar-refractivity contribution in [3.05, 3.63) is 48.2 Å². The molecule has 1 aliphatic heterocycles. The molecule has 0 radical (unpaired) electrons. The van der Waals surface area contributed by atoms with Crippen molar-refractivity contribution in [2.24, 2.45) is 93.7 Å². The number of esters is 4. The van der Waals surface area contributed by atoms with E-state index in [-0.39, 0.29) is 220 Å². The molecule has 2 N–H and O–H groups in total. The van der Waals surface area contributed by atoms with Crippen LogP contribution in [-0.2, 0) is 124 Å². The molecule has 36 heteroatoms. The summed E-state index contributed by atoms with van der Waals surface area (Å²) in [5.74, 6) is -16.0. The Bertz CT molecular complexity index is 4460. The standard InChI is InChI=1S/C108H173N7O29/c1-28-30-31-71(15)98(144-105(133)143-64-142-94(126)37-35-92(124)140-51-49-138-47-45-136-43-42-135-44-46-137-48-50-139-91(123)34-36-93(125)141-63-90(122)108(134)41-39-80-78-33-32-76-59-77(116)38-40-106(76,19)95(78)89(121)61-107(80,108)20)97-88(120)58-75(29-2)100(128)109(21)62-74(18)110(22)81(52-65(3)4)87(119)60-79(69(11)12)101(129)111(23)82(53-66(5)6)86(118)56-72(16)85(117)57-73(17)99(127)112(24)83(54-67(7)8)102(130)113(25)84(55-68(9)10)103(131)114(26)96(70(13)14)104(132)115(97)27/h28,30,38,40,59,65-73,75,78-84,89,95-98,121,134H,18,29,31-37,39,41-58,60-64H2,1-17,19-27H3/b30-28+/t71-,72?,73?,75?,78?,79?,80?,81+,82?,83?,84?,89?,95?,96?,97?,98-,106+,107+,108+/m1/s1. The van der Waals surface area contributed by atoms with Crippen LogP contribution < -0.4 is 0 Å². The summed E-state index contributed by atoms with van der Waals surface area (Å²) in [5.41, 5.74) is -1.97. The number of amides is 6. The van der Waals surface area contributed by atoms with E-state index in [9.17, 15) is 67.7 Å². The fraction of sp³-hybridized carbons (Fsp3) is 0.769. The quantitative estimate of drug-likeness (QED) is 0.0188. The number of hydrogen-bond acceptors (Lipinski definition) is 30. The lowest BCUT2D eigenvalue weighted by molar-refractivity contribution is -0.181. The average Bonchev–Trinajstić information content (AvgIpc) is 1.49. The van der Waals surface area contributed by atoms with Crippen molar-refractivity contribution < 1.29 is 139 Å². The van der Waals surface area contributed by atoms with Crippen LogP contribution in [0.25, 0.3) is 0 Å². The van der Waals surface area contributed by atoms with E-state index in [0.29, 0.717) is 31.4 Å². The maximum Gasteiger partial charge on any atom is 0.511 e. The fourth-order valence-electron chi connectivity index (χ4n) is 21.3. The second-order valence-electron chi connectivity index (χ2n) is 43.2. The van der Waals surface area contributed by atoms with Gasteiger partial charge >= 0.3 is 30.0 Å². The van der Waals surface area contributed by atoms with Crippen molar-refractivity contribution in [3.63, 3.8) is 0 Å². The lowest BCUT2D eigenvalue weighted by atomic mass is 9.46. The van der Waals surface area contributed by atoms with Crippen molar-refractivity contribution in [1.29, 1.82) is 0 Å². The SMILES string of the molecule is C=C1CN(C)C(=O)C(CC)CC(=O)C([C@H](OC(=O)OCOC(=O)CCC(=O)OCCOCCOCCOCCOCCOC(=O)CCC(=O)OCC(=O)[C@@]2(O)CCC3C4CCC5=CC(=O)C=C[C@]5(C)C4C(O)C[C@@]32C)[C@H](C)C/C=C/C)N(C)C(=O)C(C(C)C)N(C)C(=O)C(CC(C)C)N(C)C(=O)C(CC(C)C)N(C)C(=O)C(C)CC(=O)C(C)CC(=O)C(CC(C)C)N(C)C(=O)C(C(C)C)CC(=O)[C@H](CC(C)C)N1C. The van der Waals surface area contributed by atoms with E-state index in [4.69, 9.17) is 47.4 Å². The van der Waals surface area contributed by atoms with E-state index in [1.807, 2.05) is 89.2 Å². The summed E-state index contributed by atoms with van der Waals surface area (Å²) in [6, 6.07) is -7.37. The van der Waals surface area contributed by atoms with Gasteiger partial charge in [0.05, 0.1) is 103 Å². The van der Waals surface area contributed by atoms with Gasteiger partial charge in [-0.25, -0.2) is 4.79 Å². The van der Waals surface area contributed by atoms with Gasteiger partial charge in [-0.05, 0) is 143 Å². The molecule has 0 aromatic carbocycles. The number of ketones is 6. The number of aliphatic hydroxyl groups is 2. The van der Waals surface area contributed by atoms with Gasteiger partial charge in [-0.2, -0.15) is 0 Å². The van der Waals surface area contributed by atoms with Gasteiger partial charge in [-0.3, -0.25) is 76.7 Å². The highest BCUT2D eigenvalue weighted by molar-refractivity contribution is 6.02. The normalized spacial score (nSPS) is 27.7. The van der Waals surface area contributed by atoms with Crippen LogP contribution in [0.3, 0.4) is 0 Å². The highest BCUT2D eigenvalue weighted by Crippen LogP contribution is 2.67. The second-order valence-corrected chi connectivity index (χ2v) is 43.2. The summed E-state index contributed by atoms with van der Waals surface area (Å²) in [5, 5.41) is 23.7. The van der Waals surface area contributed by atoms with E-state index in [0.717, 1.165) is 10.5 Å². The smallest absolute Gasteiger partial charge is 0.463 e. The Balaban J connectivity index is 1.20. The van der Waals surface area contributed by atoms with Crippen molar-refractivity contribution in [2.75, 3.05) is 135 Å². The lowest BCUT2D eigenvalue weighted by Gasteiger charge is -2.59. The minimum absolute atomic E-state index is 0.00262. The molecule has 5 rings (SSSR count). The summed E-state index contributed by atoms with van der Waals surface area (Å²) < 4.78 is 54.3. The van der Waals surface area contributed by atoms with Crippen LogP contribution in [0.5, 0.6) is 0 Å². The van der Waals surface area contributed by atoms with Crippen LogP contribution in [-0.4, -0.2) is 334 Å². The average molecular weight is 2030 g/mol. The number of allylic oxidation sites excluding steroid dienone is 6. The molecule has 36 nitrogen and oxygen atoms in total. The van der Waals surface area contributed by atoms with Crippen molar-refractivity contribution in [1.82, 2.24) is 34.3 Å². The van der Waals surface area contributed by atoms with Gasteiger partial charge in [-0.1, -0.05) is 155 Å². The zero-order valence-electron chi connectivity index (χ0n) is 91.0. The Kier molecular flexibility index (Phi) is 51.1. The highest BCUT2D eigenvalue weighted by atomic mass is 16.8. The molecule has 0 bridgehead atoms. The topological polar surface area (TPSA) is 446 Å². The third-order valence-electron chi connectivity index (χ3n) is 29.7. The summed E-state index contributed by atoms with van der Waals surface area (Å²) >= 11 is 0. The number of likely N-dealkylation sites (N-methyl/N-ethyl adjacent to an activating group) is 7. The van der Waals surface area contributed by atoms with E-state index in [1.54, 1.807) is 91.8 Å². The Morgan fingerprint density at radius 1 is 0.507 bits per heavy atom.